The first kappa shape index (κ1) is 13.4. The van der Waals surface area contributed by atoms with Gasteiger partial charge in [0.25, 0.3) is 0 Å². The molecule has 0 radical (unpaired) electrons. The highest BCUT2D eigenvalue weighted by Crippen LogP contribution is 2.44. The van der Waals surface area contributed by atoms with E-state index in [2.05, 4.69) is 33.9 Å². The van der Waals surface area contributed by atoms with Crippen molar-refractivity contribution in [1.29, 1.82) is 0 Å². The molecule has 3 aliphatic rings. The van der Waals surface area contributed by atoms with E-state index in [1.165, 1.54) is 0 Å². The second-order valence-corrected chi connectivity index (χ2v) is 12.0. The summed E-state index contributed by atoms with van der Waals surface area (Å²) in [6, 6.07) is 0.0328. The number of ether oxygens (including phenoxy) is 2. The summed E-state index contributed by atoms with van der Waals surface area (Å²) in [6.07, 6.45) is 0.0652. The Balaban J connectivity index is 1.79. The van der Waals surface area contributed by atoms with Gasteiger partial charge < -0.3 is 13.9 Å². The van der Waals surface area contributed by atoms with Crippen molar-refractivity contribution in [2.45, 2.75) is 63.3 Å². The fourth-order valence-electron chi connectivity index (χ4n) is 2.61. The van der Waals surface area contributed by atoms with Gasteiger partial charge in [-0.2, -0.15) is 0 Å². The fraction of sp³-hybridized carbons (Fsp3) is 0.923. The van der Waals surface area contributed by atoms with Gasteiger partial charge in [0.1, 0.15) is 18.8 Å². The first-order valence-corrected chi connectivity index (χ1v) is 9.88. The number of nitrogens with zero attached hydrogens (tertiary/aromatic N) is 1. The van der Waals surface area contributed by atoms with Crippen molar-refractivity contribution < 1.29 is 18.7 Å². The van der Waals surface area contributed by atoms with Gasteiger partial charge in [0.15, 0.2) is 8.32 Å². The van der Waals surface area contributed by atoms with E-state index in [1.807, 2.05) is 0 Å². The molecule has 0 aromatic heterocycles. The van der Waals surface area contributed by atoms with Gasteiger partial charge in [-0.15, -0.1) is 0 Å². The molecule has 0 saturated carbocycles. The van der Waals surface area contributed by atoms with Gasteiger partial charge in [0, 0.05) is 0 Å². The summed E-state index contributed by atoms with van der Waals surface area (Å²) in [6.45, 7) is 12.2. The fourth-order valence-corrected chi connectivity index (χ4v) is 3.94. The van der Waals surface area contributed by atoms with Crippen LogP contribution >= 0.6 is 0 Å². The minimum Gasteiger partial charge on any atom is -0.447 e. The lowest BCUT2D eigenvalue weighted by molar-refractivity contribution is 0.0670. The Morgan fingerprint density at radius 2 is 2.05 bits per heavy atom. The molecular weight excluding hydrogens is 262 g/mol. The van der Waals surface area contributed by atoms with Crippen molar-refractivity contribution in [2.24, 2.45) is 0 Å². The van der Waals surface area contributed by atoms with Gasteiger partial charge in [-0.05, 0) is 18.1 Å². The number of epoxide rings is 1. The second-order valence-electron chi connectivity index (χ2n) is 7.28. The van der Waals surface area contributed by atoms with E-state index in [9.17, 15) is 4.79 Å². The molecule has 3 aliphatic heterocycles. The topological polar surface area (TPSA) is 51.3 Å². The van der Waals surface area contributed by atoms with Gasteiger partial charge >= 0.3 is 6.09 Å². The number of hydrogen-bond acceptors (Lipinski definition) is 4. The number of cyclic esters (lactones) is 1. The zero-order valence-corrected chi connectivity index (χ0v) is 13.3. The van der Waals surface area contributed by atoms with Crippen LogP contribution in [-0.2, 0) is 13.9 Å². The van der Waals surface area contributed by atoms with E-state index in [1.54, 1.807) is 4.90 Å². The monoisotopic (exact) mass is 285 g/mol. The number of hydrogen-bond donors (Lipinski definition) is 0. The van der Waals surface area contributed by atoms with Crippen LogP contribution in [0.2, 0.25) is 18.1 Å². The number of carbonyl (C=O) groups is 1. The number of piperidine rings is 1. The predicted octanol–water partition coefficient (Wildman–Crippen LogP) is 1.98. The van der Waals surface area contributed by atoms with Gasteiger partial charge in [-0.25, -0.2) is 4.79 Å². The smallest absolute Gasteiger partial charge is 0.410 e. The van der Waals surface area contributed by atoms with Crippen molar-refractivity contribution in [3.8, 4) is 0 Å². The zero-order chi connectivity index (χ0) is 14.0. The SMILES string of the molecule is CC(C)(C)[Si](C)(C)O[C@@H]1[C@H]2O[C@H]2CN2C(=O)OC[C@@H]12. The molecule has 3 rings (SSSR count). The van der Waals surface area contributed by atoms with Gasteiger partial charge in [0.2, 0.25) is 0 Å². The molecule has 3 fully saturated rings. The normalized spacial score (nSPS) is 37.7. The largest absolute Gasteiger partial charge is 0.447 e. The molecular formula is C13H23NO4Si. The Kier molecular flexibility index (Phi) is 2.79. The van der Waals surface area contributed by atoms with Crippen molar-refractivity contribution in [2.75, 3.05) is 13.2 Å². The van der Waals surface area contributed by atoms with E-state index < -0.39 is 8.32 Å². The molecule has 1 amide bonds. The maximum absolute atomic E-state index is 11.7. The minimum atomic E-state index is -1.86. The summed E-state index contributed by atoms with van der Waals surface area (Å²) < 4.78 is 17.3. The lowest BCUT2D eigenvalue weighted by Crippen LogP contribution is -2.57. The Bertz CT molecular complexity index is 406. The Morgan fingerprint density at radius 3 is 2.68 bits per heavy atom. The Labute approximate surface area is 115 Å². The third-order valence-electron chi connectivity index (χ3n) is 4.95. The standard InChI is InChI=1S/C13H23NO4Si/c1-13(2,3)19(4,5)18-10-8-7-16-12(15)14(8)6-9-11(10)17-9/h8-11H,6-7H2,1-5H3/t8-,9-,10-,11-/m0/s1. The molecule has 19 heavy (non-hydrogen) atoms. The molecule has 0 N–H and O–H groups in total. The van der Waals surface area contributed by atoms with Crippen LogP contribution < -0.4 is 0 Å². The average molecular weight is 285 g/mol. The molecule has 108 valence electrons. The summed E-state index contributed by atoms with van der Waals surface area (Å²) >= 11 is 0. The van der Waals surface area contributed by atoms with Crippen LogP contribution in [0.4, 0.5) is 4.79 Å². The first-order chi connectivity index (χ1) is 8.71. The van der Waals surface area contributed by atoms with Crippen LogP contribution in [0.3, 0.4) is 0 Å². The van der Waals surface area contributed by atoms with Crippen molar-refractivity contribution in [3.63, 3.8) is 0 Å². The number of rotatable bonds is 2. The predicted molar refractivity (Wildman–Crippen MR) is 72.6 cm³/mol. The van der Waals surface area contributed by atoms with E-state index in [0.717, 1.165) is 0 Å². The summed E-state index contributed by atoms with van der Waals surface area (Å²) in [5, 5.41) is 0.156. The molecule has 6 heteroatoms. The van der Waals surface area contributed by atoms with Gasteiger partial charge in [-0.1, -0.05) is 20.8 Å². The quantitative estimate of drug-likeness (QED) is 0.575. The average Bonchev–Trinajstić information content (AvgIpc) is 2.95. The van der Waals surface area contributed by atoms with Gasteiger partial charge in [-0.3, -0.25) is 4.90 Å². The highest BCUT2D eigenvalue weighted by molar-refractivity contribution is 6.74. The van der Waals surface area contributed by atoms with Crippen LogP contribution in [0.5, 0.6) is 0 Å². The minimum absolute atomic E-state index is 0.0221. The second kappa shape index (κ2) is 3.96. The van der Waals surface area contributed by atoms with Crippen LogP contribution in [0, 0.1) is 0 Å². The van der Waals surface area contributed by atoms with Crippen LogP contribution in [0.1, 0.15) is 20.8 Å². The lowest BCUT2D eigenvalue weighted by Gasteiger charge is -2.42. The molecule has 5 nitrogen and oxygen atoms in total. The maximum atomic E-state index is 11.7. The first-order valence-electron chi connectivity index (χ1n) is 6.97. The van der Waals surface area contributed by atoms with Crippen LogP contribution in [-0.4, -0.2) is 56.8 Å². The summed E-state index contributed by atoms with van der Waals surface area (Å²) in [7, 11) is -1.86. The molecule has 4 atom stereocenters. The molecule has 0 aliphatic carbocycles. The third kappa shape index (κ3) is 2.10. The molecule has 3 saturated heterocycles. The number of carbonyl (C=O) groups excluding carboxylic acids is 1. The zero-order valence-electron chi connectivity index (χ0n) is 12.3. The lowest BCUT2D eigenvalue weighted by atomic mass is 10.0. The van der Waals surface area contributed by atoms with E-state index >= 15 is 0 Å². The maximum Gasteiger partial charge on any atom is 0.410 e. The molecule has 0 spiro atoms. The summed E-state index contributed by atoms with van der Waals surface area (Å²) in [5.74, 6) is 0. The van der Waals surface area contributed by atoms with Crippen molar-refractivity contribution in [1.82, 2.24) is 4.90 Å². The highest BCUT2D eigenvalue weighted by Gasteiger charge is 2.60. The van der Waals surface area contributed by atoms with E-state index in [4.69, 9.17) is 13.9 Å². The van der Waals surface area contributed by atoms with Crippen LogP contribution in [0.15, 0.2) is 0 Å². The molecule has 0 bridgehead atoms. The molecule has 0 aromatic rings. The van der Waals surface area contributed by atoms with E-state index in [-0.39, 0.29) is 35.5 Å². The van der Waals surface area contributed by atoms with Gasteiger partial charge in [0.05, 0.1) is 18.7 Å². The molecule has 3 heterocycles. The number of amides is 1. The third-order valence-corrected chi connectivity index (χ3v) is 9.42. The van der Waals surface area contributed by atoms with Crippen LogP contribution in [0.25, 0.3) is 0 Å². The Morgan fingerprint density at radius 1 is 1.37 bits per heavy atom. The number of fused-ring (bicyclic) bond motifs is 2. The molecule has 0 unspecified atom stereocenters. The molecule has 0 aromatic carbocycles. The summed E-state index contributed by atoms with van der Waals surface area (Å²) in [4.78, 5) is 13.5. The highest BCUT2D eigenvalue weighted by atomic mass is 28.4. The summed E-state index contributed by atoms with van der Waals surface area (Å²) in [5.41, 5.74) is 0. The Hall–Kier alpha value is -0.593. The van der Waals surface area contributed by atoms with Crippen molar-refractivity contribution >= 4 is 14.4 Å². The van der Waals surface area contributed by atoms with Crippen molar-refractivity contribution in [3.05, 3.63) is 0 Å². The van der Waals surface area contributed by atoms with E-state index in [0.29, 0.717) is 13.2 Å².